The predicted molar refractivity (Wildman–Crippen MR) is 72.0 cm³/mol. The van der Waals surface area contributed by atoms with Gasteiger partial charge in [0, 0.05) is 17.3 Å². The number of benzene rings is 1. The molecule has 0 aliphatic rings. The second-order valence-corrected chi connectivity index (χ2v) is 6.56. The molecule has 96 valence electrons. The first kappa shape index (κ1) is 13.3. The normalized spacial score (nSPS) is 11.6. The maximum atomic E-state index is 12.0. The van der Waals surface area contributed by atoms with Gasteiger partial charge in [-0.1, -0.05) is 11.6 Å². The Morgan fingerprint density at radius 3 is 2.89 bits per heavy atom. The lowest BCUT2D eigenvalue weighted by Gasteiger charge is -2.07. The summed E-state index contributed by atoms with van der Waals surface area (Å²) in [5.41, 5.74) is 5.90. The fraction of sp³-hybridized carbons (Fsp3) is 0.100. The van der Waals surface area contributed by atoms with Crippen molar-refractivity contribution in [3.05, 3.63) is 39.8 Å². The van der Waals surface area contributed by atoms with Crippen LogP contribution in [-0.2, 0) is 16.6 Å². The van der Waals surface area contributed by atoms with E-state index in [1.807, 2.05) is 0 Å². The Morgan fingerprint density at radius 2 is 2.22 bits per heavy atom. The zero-order valence-corrected chi connectivity index (χ0v) is 11.5. The van der Waals surface area contributed by atoms with Crippen LogP contribution in [0.5, 0.6) is 0 Å². The smallest absolute Gasteiger partial charge is 0.242 e. The highest BCUT2D eigenvalue weighted by molar-refractivity contribution is 7.89. The second kappa shape index (κ2) is 5.23. The van der Waals surface area contributed by atoms with Crippen molar-refractivity contribution >= 4 is 38.6 Å². The van der Waals surface area contributed by atoms with Crippen LogP contribution >= 0.6 is 22.9 Å². The van der Waals surface area contributed by atoms with Gasteiger partial charge >= 0.3 is 0 Å². The average molecular weight is 304 g/mol. The molecule has 0 saturated heterocycles. The van der Waals surface area contributed by atoms with E-state index in [2.05, 4.69) is 9.71 Å². The topological polar surface area (TPSA) is 85.1 Å². The minimum absolute atomic E-state index is 0.0271. The van der Waals surface area contributed by atoms with E-state index in [-0.39, 0.29) is 16.5 Å². The summed E-state index contributed by atoms with van der Waals surface area (Å²) in [5.74, 6) is 0. The van der Waals surface area contributed by atoms with Crippen LogP contribution < -0.4 is 10.5 Å². The van der Waals surface area contributed by atoms with E-state index in [1.165, 1.54) is 23.5 Å². The summed E-state index contributed by atoms with van der Waals surface area (Å²) in [4.78, 5) is 3.96. The number of nitrogens with two attached hydrogens (primary N) is 1. The lowest BCUT2D eigenvalue weighted by molar-refractivity contribution is 0.581. The molecule has 2 rings (SSSR count). The summed E-state index contributed by atoms with van der Waals surface area (Å²) in [6.45, 7) is 0.130. The summed E-state index contributed by atoms with van der Waals surface area (Å²) < 4.78 is 26.5. The third kappa shape index (κ3) is 2.99. The van der Waals surface area contributed by atoms with Crippen LogP contribution in [0.3, 0.4) is 0 Å². The molecule has 1 aromatic carbocycles. The molecule has 1 aromatic heterocycles. The molecule has 0 unspecified atom stereocenters. The van der Waals surface area contributed by atoms with Gasteiger partial charge in [-0.25, -0.2) is 18.1 Å². The van der Waals surface area contributed by atoms with E-state index < -0.39 is 10.0 Å². The number of nitrogens with zero attached hydrogens (tertiary/aromatic N) is 1. The number of nitrogen functional groups attached to an aromatic ring is 1. The number of aromatic nitrogens is 1. The third-order valence-corrected chi connectivity index (χ3v) is 4.80. The average Bonchev–Trinajstić information content (AvgIpc) is 2.83. The quantitative estimate of drug-likeness (QED) is 0.844. The number of anilines is 1. The summed E-state index contributed by atoms with van der Waals surface area (Å²) in [7, 11) is -3.68. The van der Waals surface area contributed by atoms with Crippen molar-refractivity contribution in [2.75, 3.05) is 5.73 Å². The number of hydrogen-bond acceptors (Lipinski definition) is 5. The second-order valence-electron chi connectivity index (χ2n) is 3.44. The number of thiazole rings is 1. The molecule has 0 aliphatic carbocycles. The van der Waals surface area contributed by atoms with Crippen molar-refractivity contribution in [2.45, 2.75) is 11.4 Å². The van der Waals surface area contributed by atoms with Gasteiger partial charge in [0.15, 0.2) is 0 Å². The van der Waals surface area contributed by atoms with Crippen LogP contribution in [0.1, 0.15) is 5.01 Å². The Bertz CT molecular complexity index is 641. The molecular weight excluding hydrogens is 294 g/mol. The van der Waals surface area contributed by atoms with Crippen molar-refractivity contribution in [3.8, 4) is 0 Å². The third-order valence-electron chi connectivity index (χ3n) is 2.14. The molecule has 0 bridgehead atoms. The van der Waals surface area contributed by atoms with Gasteiger partial charge in [-0.05, 0) is 18.2 Å². The van der Waals surface area contributed by atoms with E-state index in [0.29, 0.717) is 10.7 Å². The van der Waals surface area contributed by atoms with Crippen molar-refractivity contribution < 1.29 is 8.42 Å². The zero-order chi connectivity index (χ0) is 13.2. The number of hydrogen-bond donors (Lipinski definition) is 2. The van der Waals surface area contributed by atoms with Crippen LogP contribution in [0, 0.1) is 0 Å². The van der Waals surface area contributed by atoms with Gasteiger partial charge in [-0.15, -0.1) is 11.3 Å². The molecule has 0 fully saturated rings. The maximum absolute atomic E-state index is 12.0. The molecule has 0 spiro atoms. The van der Waals surface area contributed by atoms with E-state index in [1.54, 1.807) is 17.6 Å². The van der Waals surface area contributed by atoms with Crippen molar-refractivity contribution in [1.29, 1.82) is 0 Å². The summed E-state index contributed by atoms with van der Waals surface area (Å²) in [6.07, 6.45) is 1.61. The molecule has 3 N–H and O–H groups in total. The zero-order valence-electron chi connectivity index (χ0n) is 9.13. The van der Waals surface area contributed by atoms with E-state index in [9.17, 15) is 8.42 Å². The Labute approximate surface area is 114 Å². The molecule has 0 atom stereocenters. The summed E-state index contributed by atoms with van der Waals surface area (Å²) >= 11 is 7.22. The number of rotatable bonds is 4. The highest BCUT2D eigenvalue weighted by Crippen LogP contribution is 2.23. The van der Waals surface area contributed by atoms with E-state index in [0.717, 1.165) is 0 Å². The van der Waals surface area contributed by atoms with Crippen LogP contribution in [0.25, 0.3) is 0 Å². The number of nitrogens with one attached hydrogen (secondary N) is 1. The largest absolute Gasteiger partial charge is 0.399 e. The Hall–Kier alpha value is -1.15. The summed E-state index contributed by atoms with van der Waals surface area (Å²) in [5, 5.41) is 2.59. The number of halogens is 1. The molecule has 0 radical (unpaired) electrons. The Kier molecular flexibility index (Phi) is 3.86. The van der Waals surface area contributed by atoms with Crippen LogP contribution in [0.4, 0.5) is 5.69 Å². The fourth-order valence-electron chi connectivity index (χ4n) is 1.30. The van der Waals surface area contributed by atoms with Crippen molar-refractivity contribution in [3.63, 3.8) is 0 Å². The predicted octanol–water partition coefficient (Wildman–Crippen LogP) is 1.86. The number of sulfonamides is 1. The molecule has 0 saturated carbocycles. The maximum Gasteiger partial charge on any atom is 0.242 e. The first-order chi connectivity index (χ1) is 8.49. The van der Waals surface area contributed by atoms with Gasteiger partial charge in [0.1, 0.15) is 9.90 Å². The molecule has 0 aliphatic heterocycles. The van der Waals surface area contributed by atoms with Crippen LogP contribution in [0.2, 0.25) is 5.02 Å². The Morgan fingerprint density at radius 1 is 1.44 bits per heavy atom. The fourth-order valence-corrected chi connectivity index (χ4v) is 3.47. The molecule has 2 aromatic rings. The standard InChI is InChI=1S/C10H10ClN3O2S2/c11-8-2-1-7(12)5-9(8)18(15,16)14-6-10-13-3-4-17-10/h1-5,14H,6,12H2. The van der Waals surface area contributed by atoms with Gasteiger partial charge in [0.25, 0.3) is 0 Å². The van der Waals surface area contributed by atoms with Crippen LogP contribution in [-0.4, -0.2) is 13.4 Å². The lowest BCUT2D eigenvalue weighted by Crippen LogP contribution is -2.23. The molecule has 8 heteroatoms. The summed E-state index contributed by atoms with van der Waals surface area (Å²) in [6, 6.07) is 4.32. The van der Waals surface area contributed by atoms with Crippen molar-refractivity contribution in [1.82, 2.24) is 9.71 Å². The van der Waals surface area contributed by atoms with E-state index >= 15 is 0 Å². The molecule has 1 heterocycles. The minimum Gasteiger partial charge on any atom is -0.399 e. The van der Waals surface area contributed by atoms with Gasteiger partial charge < -0.3 is 5.73 Å². The van der Waals surface area contributed by atoms with Gasteiger partial charge in [0.05, 0.1) is 11.6 Å². The SMILES string of the molecule is Nc1ccc(Cl)c(S(=O)(=O)NCc2nccs2)c1. The highest BCUT2D eigenvalue weighted by atomic mass is 35.5. The molecule has 0 amide bonds. The highest BCUT2D eigenvalue weighted by Gasteiger charge is 2.18. The molecule has 18 heavy (non-hydrogen) atoms. The first-order valence-electron chi connectivity index (χ1n) is 4.92. The lowest BCUT2D eigenvalue weighted by atomic mass is 10.3. The molecule has 5 nitrogen and oxygen atoms in total. The van der Waals surface area contributed by atoms with Crippen LogP contribution in [0.15, 0.2) is 34.7 Å². The molecular formula is C10H10ClN3O2S2. The van der Waals surface area contributed by atoms with Gasteiger partial charge in [0.2, 0.25) is 10.0 Å². The van der Waals surface area contributed by atoms with Crippen molar-refractivity contribution in [2.24, 2.45) is 0 Å². The van der Waals surface area contributed by atoms with Gasteiger partial charge in [-0.2, -0.15) is 0 Å². The van der Waals surface area contributed by atoms with E-state index in [4.69, 9.17) is 17.3 Å². The monoisotopic (exact) mass is 303 g/mol. The first-order valence-corrected chi connectivity index (χ1v) is 7.66. The Balaban J connectivity index is 2.22. The van der Waals surface area contributed by atoms with Gasteiger partial charge in [-0.3, -0.25) is 0 Å². The minimum atomic E-state index is -3.68.